The number of para-hydroxylation sites is 1. The summed E-state index contributed by atoms with van der Waals surface area (Å²) in [7, 11) is 0. The quantitative estimate of drug-likeness (QED) is 0.160. The molecule has 310 valence electrons. The van der Waals surface area contributed by atoms with Gasteiger partial charge in [-0.1, -0.05) is 185 Å². The molecule has 0 fully saturated rings. The third-order valence-corrected chi connectivity index (χ3v) is 15.3. The number of allylic oxidation sites excluding steroid dienone is 1. The largest absolute Gasteiger partial charge is 0.309 e. The number of hydrogen-bond donors (Lipinski definition) is 0. The molecule has 0 N–H and O–H groups in total. The fourth-order valence-corrected chi connectivity index (χ4v) is 11.8. The van der Waals surface area contributed by atoms with E-state index in [-0.39, 0.29) is 10.8 Å². The van der Waals surface area contributed by atoms with Crippen LogP contribution >= 0.6 is 0 Å². The van der Waals surface area contributed by atoms with Crippen molar-refractivity contribution in [2.75, 3.05) is 4.90 Å². The zero-order chi connectivity index (χ0) is 43.6. The van der Waals surface area contributed by atoms with E-state index in [1.54, 1.807) is 0 Å². The maximum atomic E-state index is 2.58. The lowest BCUT2D eigenvalue weighted by Crippen LogP contribution is -2.38. The molecule has 0 saturated carbocycles. The van der Waals surface area contributed by atoms with Crippen molar-refractivity contribution < 1.29 is 0 Å². The van der Waals surface area contributed by atoms with Crippen molar-refractivity contribution >= 4 is 55.5 Å². The Bertz CT molecular complexity index is 3640. The number of anilines is 3. The predicted molar refractivity (Wildman–Crippen MR) is 277 cm³/mol. The highest BCUT2D eigenvalue weighted by molar-refractivity contribution is 6.14. The Balaban J connectivity index is 0.926. The Hall–Kier alpha value is -7.48. The summed E-state index contributed by atoms with van der Waals surface area (Å²) in [6, 6.07) is 71.1. The van der Waals surface area contributed by atoms with Crippen LogP contribution in [0.4, 0.5) is 17.1 Å². The Morgan fingerprint density at radius 1 is 0.385 bits per heavy atom. The number of fused-ring (bicyclic) bond motifs is 10. The van der Waals surface area contributed by atoms with Crippen LogP contribution in [0.2, 0.25) is 0 Å². The summed E-state index contributed by atoms with van der Waals surface area (Å²) >= 11 is 0. The van der Waals surface area contributed by atoms with Crippen molar-refractivity contribution in [3.8, 4) is 44.5 Å². The normalized spacial score (nSPS) is 15.1. The Morgan fingerprint density at radius 2 is 0.892 bits per heavy atom. The molecule has 65 heavy (non-hydrogen) atoms. The van der Waals surface area contributed by atoms with E-state index in [0.29, 0.717) is 0 Å². The molecule has 2 aliphatic heterocycles. The molecule has 0 bridgehead atoms. The summed E-state index contributed by atoms with van der Waals surface area (Å²) in [6.45, 7) is 9.71. The fourth-order valence-electron chi connectivity index (χ4n) is 11.8. The average Bonchev–Trinajstić information content (AvgIpc) is 3.35. The van der Waals surface area contributed by atoms with Crippen molar-refractivity contribution in [2.24, 2.45) is 0 Å². The first kappa shape index (κ1) is 38.0. The molecule has 13 rings (SSSR count). The van der Waals surface area contributed by atoms with Crippen LogP contribution in [0.1, 0.15) is 67.5 Å². The molecule has 10 aromatic carbocycles. The van der Waals surface area contributed by atoms with Crippen LogP contribution in [0.25, 0.3) is 82.9 Å². The van der Waals surface area contributed by atoms with E-state index < -0.39 is 0 Å². The molecule has 0 radical (unpaired) electrons. The minimum atomic E-state index is -0.273. The van der Waals surface area contributed by atoms with Crippen molar-refractivity contribution in [3.63, 3.8) is 0 Å². The van der Waals surface area contributed by atoms with Gasteiger partial charge in [0.25, 0.3) is 0 Å². The number of nitrogens with zero attached hydrogens (tertiary/aromatic N) is 1. The van der Waals surface area contributed by atoms with Gasteiger partial charge in [0.2, 0.25) is 0 Å². The monoisotopic (exact) mass is 831 g/mol. The molecule has 0 saturated heterocycles. The number of rotatable bonds is 4. The van der Waals surface area contributed by atoms with E-state index in [9.17, 15) is 0 Å². The van der Waals surface area contributed by atoms with Gasteiger partial charge < -0.3 is 4.90 Å². The Labute approximate surface area is 382 Å². The van der Waals surface area contributed by atoms with Crippen LogP contribution < -0.4 is 4.90 Å². The summed E-state index contributed by atoms with van der Waals surface area (Å²) in [5.41, 5.74) is 21.7. The van der Waals surface area contributed by atoms with Crippen molar-refractivity contribution in [1.82, 2.24) is 0 Å². The van der Waals surface area contributed by atoms with Gasteiger partial charge in [0.1, 0.15) is 0 Å². The molecular formula is C64H49N. The maximum Gasteiger partial charge on any atom is 0.0544 e. The molecule has 0 atom stereocenters. The molecule has 2 heterocycles. The molecule has 3 aliphatic rings. The Kier molecular flexibility index (Phi) is 8.19. The standard InChI is InChI=1S/C64H49N/c1-63(2)56-23-13-14-24-60(56)65-61-34-33-44(40-25-29-42(30-26-40)54-35-45-15-5-7-17-48(45)50-19-9-11-21-52(50)54)37-57(61)64(3,4)59-39-47(38-58(63)62(59)65)41-27-31-43(32-28-41)55-36-46-16-6-8-18-49(46)51-20-10-12-22-53(51)55/h5-9,11-19,21-39H,10,20H2,1-4H3. The first-order valence-corrected chi connectivity index (χ1v) is 23.3. The molecule has 1 nitrogen and oxygen atoms in total. The van der Waals surface area contributed by atoms with Gasteiger partial charge >= 0.3 is 0 Å². The van der Waals surface area contributed by atoms with Crippen LogP contribution in [0.5, 0.6) is 0 Å². The molecule has 0 unspecified atom stereocenters. The van der Waals surface area contributed by atoms with Gasteiger partial charge in [0.05, 0.1) is 17.1 Å². The smallest absolute Gasteiger partial charge is 0.0544 e. The second-order valence-corrected chi connectivity index (χ2v) is 19.6. The lowest BCUT2D eigenvalue weighted by Gasteiger charge is -2.49. The van der Waals surface area contributed by atoms with Crippen molar-refractivity contribution in [1.29, 1.82) is 0 Å². The second kappa shape index (κ2) is 14.0. The molecule has 1 heteroatoms. The SMILES string of the molecule is CC1(C)c2ccccc2N2c3ccc(-c4ccc(-c5cc6ccccc6c6ccccc56)cc4)cc3C(C)(C)c3cc(-c4ccc(-c5cc6ccccc6c6c5C=CCC6)cc4)cc1c32. The van der Waals surface area contributed by atoms with Crippen molar-refractivity contribution in [2.45, 2.75) is 51.4 Å². The second-order valence-electron chi connectivity index (χ2n) is 19.6. The van der Waals surface area contributed by atoms with E-state index in [1.165, 1.54) is 127 Å². The van der Waals surface area contributed by atoms with Crippen LogP contribution in [0.15, 0.2) is 194 Å². The highest BCUT2D eigenvalue weighted by Gasteiger charge is 2.45. The fraction of sp³-hybridized carbons (Fsp3) is 0.125. The molecule has 1 aliphatic carbocycles. The van der Waals surface area contributed by atoms with Crippen molar-refractivity contribution in [3.05, 3.63) is 228 Å². The third-order valence-electron chi connectivity index (χ3n) is 15.3. The van der Waals surface area contributed by atoms with Crippen LogP contribution in [0.3, 0.4) is 0 Å². The third kappa shape index (κ3) is 5.64. The summed E-state index contributed by atoms with van der Waals surface area (Å²) in [4.78, 5) is 2.58. The van der Waals surface area contributed by atoms with E-state index in [1.807, 2.05) is 0 Å². The Morgan fingerprint density at radius 3 is 1.63 bits per heavy atom. The van der Waals surface area contributed by atoms with Gasteiger partial charge in [-0.25, -0.2) is 0 Å². The zero-order valence-corrected chi connectivity index (χ0v) is 37.4. The number of aryl methyl sites for hydroxylation is 1. The average molecular weight is 832 g/mol. The zero-order valence-electron chi connectivity index (χ0n) is 37.4. The summed E-state index contributed by atoms with van der Waals surface area (Å²) in [5, 5.41) is 7.85. The molecule has 0 aromatic heterocycles. The molecule has 0 amide bonds. The first-order valence-electron chi connectivity index (χ1n) is 23.3. The van der Waals surface area contributed by atoms with E-state index >= 15 is 0 Å². The molecule has 10 aromatic rings. The van der Waals surface area contributed by atoms with Gasteiger partial charge in [0, 0.05) is 10.8 Å². The predicted octanol–water partition coefficient (Wildman–Crippen LogP) is 17.5. The van der Waals surface area contributed by atoms with Crippen LogP contribution in [-0.2, 0) is 17.3 Å². The minimum absolute atomic E-state index is 0.199. The lowest BCUT2D eigenvalue weighted by atomic mass is 9.65. The summed E-state index contributed by atoms with van der Waals surface area (Å²) in [5.74, 6) is 0. The van der Waals surface area contributed by atoms with Gasteiger partial charge in [-0.2, -0.15) is 0 Å². The highest BCUT2D eigenvalue weighted by Crippen LogP contribution is 2.61. The van der Waals surface area contributed by atoms with E-state index in [0.717, 1.165) is 12.8 Å². The highest BCUT2D eigenvalue weighted by atomic mass is 15.2. The summed E-state index contributed by atoms with van der Waals surface area (Å²) in [6.07, 6.45) is 6.87. The van der Waals surface area contributed by atoms with Gasteiger partial charge in [-0.05, 0) is 166 Å². The minimum Gasteiger partial charge on any atom is -0.309 e. The topological polar surface area (TPSA) is 3.24 Å². The van der Waals surface area contributed by atoms with Crippen LogP contribution in [-0.4, -0.2) is 0 Å². The van der Waals surface area contributed by atoms with Gasteiger partial charge in [-0.3, -0.25) is 0 Å². The molecular weight excluding hydrogens is 783 g/mol. The summed E-state index contributed by atoms with van der Waals surface area (Å²) < 4.78 is 0. The first-order chi connectivity index (χ1) is 31.7. The lowest BCUT2D eigenvalue weighted by molar-refractivity contribution is 0.598. The maximum absolute atomic E-state index is 2.58. The van der Waals surface area contributed by atoms with Crippen LogP contribution in [0, 0.1) is 0 Å². The van der Waals surface area contributed by atoms with Gasteiger partial charge in [0.15, 0.2) is 0 Å². The number of hydrogen-bond acceptors (Lipinski definition) is 1. The molecule has 0 spiro atoms. The van der Waals surface area contributed by atoms with E-state index in [4.69, 9.17) is 0 Å². The number of benzene rings is 10. The van der Waals surface area contributed by atoms with E-state index in [2.05, 4.69) is 233 Å². The van der Waals surface area contributed by atoms with Gasteiger partial charge in [-0.15, -0.1) is 0 Å².